The molecule has 0 spiro atoms. The summed E-state index contributed by atoms with van der Waals surface area (Å²) in [4.78, 5) is 3.57. The van der Waals surface area contributed by atoms with Crippen LogP contribution in [0.4, 0.5) is 14.5 Å². The minimum absolute atomic E-state index is 0.0469. The molecule has 0 bridgehead atoms. The Morgan fingerprint density at radius 1 is 1.12 bits per heavy atom. The van der Waals surface area contributed by atoms with Crippen molar-refractivity contribution >= 4 is 5.69 Å². The maximum Gasteiger partial charge on any atom is 0.387 e. The summed E-state index contributed by atoms with van der Waals surface area (Å²) in [5, 5.41) is 9.98. The van der Waals surface area contributed by atoms with E-state index in [-0.39, 0.29) is 5.75 Å². The summed E-state index contributed by atoms with van der Waals surface area (Å²) >= 11 is 0. The van der Waals surface area contributed by atoms with Gasteiger partial charge in [-0.15, -0.1) is 0 Å². The normalized spacial score (nSPS) is 15.3. The molecule has 0 unspecified atom stereocenters. The van der Waals surface area contributed by atoms with Gasteiger partial charge in [-0.05, 0) is 30.3 Å². The summed E-state index contributed by atoms with van der Waals surface area (Å²) in [5.74, 6) is 0.663. The second kappa shape index (κ2) is 8.23. The van der Waals surface area contributed by atoms with Crippen LogP contribution >= 0.6 is 0 Å². The van der Waals surface area contributed by atoms with Gasteiger partial charge in [0.1, 0.15) is 12.3 Å². The molecule has 7 heteroatoms. The van der Waals surface area contributed by atoms with Crippen LogP contribution in [-0.2, 0) is 6.54 Å². The highest BCUT2D eigenvalue weighted by molar-refractivity contribution is 5.57. The number of aromatic hydroxyl groups is 1. The van der Waals surface area contributed by atoms with E-state index >= 15 is 0 Å². The van der Waals surface area contributed by atoms with Crippen molar-refractivity contribution in [2.24, 2.45) is 0 Å². The lowest BCUT2D eigenvalue weighted by Crippen LogP contribution is -3.13. The van der Waals surface area contributed by atoms with E-state index in [1.807, 2.05) is 18.2 Å². The van der Waals surface area contributed by atoms with Crippen LogP contribution in [0.25, 0.3) is 0 Å². The molecule has 1 aliphatic heterocycles. The first kappa shape index (κ1) is 18.3. The molecule has 0 amide bonds. The first-order chi connectivity index (χ1) is 12.6. The number of benzene rings is 2. The Kier molecular flexibility index (Phi) is 5.78. The van der Waals surface area contributed by atoms with Crippen molar-refractivity contribution in [2.75, 3.05) is 38.2 Å². The number of hydrogen-bond acceptors (Lipinski definition) is 4. The van der Waals surface area contributed by atoms with Crippen LogP contribution in [0.2, 0.25) is 0 Å². The summed E-state index contributed by atoms with van der Waals surface area (Å²) in [5.41, 5.74) is 1.87. The molecule has 3 rings (SSSR count). The number of para-hydroxylation sites is 2. The average molecular weight is 365 g/mol. The van der Waals surface area contributed by atoms with E-state index in [0.717, 1.165) is 44.0 Å². The molecule has 0 saturated carbocycles. The molecule has 5 nitrogen and oxygen atoms in total. The van der Waals surface area contributed by atoms with Crippen molar-refractivity contribution in [3.8, 4) is 17.2 Å². The highest BCUT2D eigenvalue weighted by Crippen LogP contribution is 2.29. The fourth-order valence-electron chi connectivity index (χ4n) is 3.28. The monoisotopic (exact) mass is 365 g/mol. The van der Waals surface area contributed by atoms with Gasteiger partial charge in [0.05, 0.1) is 39.0 Å². The zero-order valence-electron chi connectivity index (χ0n) is 14.6. The number of phenolic OH excluding ortho intramolecular Hbond substituents is 1. The number of rotatable bonds is 6. The van der Waals surface area contributed by atoms with Gasteiger partial charge in [0, 0.05) is 5.56 Å². The van der Waals surface area contributed by atoms with E-state index < -0.39 is 6.61 Å². The Bertz CT molecular complexity index is 734. The number of nitrogens with zero attached hydrogens (tertiary/aromatic N) is 1. The van der Waals surface area contributed by atoms with Crippen molar-refractivity contribution in [3.63, 3.8) is 0 Å². The number of nitrogens with one attached hydrogen (secondary N) is 1. The third-order valence-corrected chi connectivity index (χ3v) is 4.59. The van der Waals surface area contributed by atoms with Gasteiger partial charge in [0.25, 0.3) is 0 Å². The highest BCUT2D eigenvalue weighted by atomic mass is 19.3. The maximum atomic E-state index is 12.4. The Balaban J connectivity index is 1.60. The topological polar surface area (TPSA) is 46.4 Å². The molecule has 0 aromatic heterocycles. The molecule has 2 aromatic rings. The molecule has 2 aromatic carbocycles. The van der Waals surface area contributed by atoms with Crippen molar-refractivity contribution in [3.05, 3.63) is 48.0 Å². The number of quaternary nitrogens is 1. The smallest absolute Gasteiger partial charge is 0.387 e. The Hall–Kier alpha value is -2.54. The van der Waals surface area contributed by atoms with Crippen LogP contribution in [-0.4, -0.2) is 45.0 Å². The molecule has 1 heterocycles. The molecule has 1 saturated heterocycles. The molecular formula is C19H23F2N2O3+. The van der Waals surface area contributed by atoms with Crippen molar-refractivity contribution in [1.29, 1.82) is 0 Å². The number of hydrogen-bond donors (Lipinski definition) is 2. The predicted molar refractivity (Wildman–Crippen MR) is 94.3 cm³/mol. The first-order valence-corrected chi connectivity index (χ1v) is 8.55. The first-order valence-electron chi connectivity index (χ1n) is 8.55. The molecule has 1 aliphatic rings. The summed E-state index contributed by atoms with van der Waals surface area (Å²) in [6.07, 6.45) is 0. The summed E-state index contributed by atoms with van der Waals surface area (Å²) in [6, 6.07) is 12.4. The van der Waals surface area contributed by atoms with Crippen LogP contribution in [0.15, 0.2) is 42.5 Å². The standard InChI is InChI=1S/C19H22F2N2O3/c1-25-18-12-14(6-7-17(18)26-19(20)21)13-22-8-10-23(11-9-22)15-4-2-3-5-16(15)24/h2-7,12,19,24H,8-11,13H2,1H3/p+1. The Morgan fingerprint density at radius 3 is 2.50 bits per heavy atom. The Labute approximate surface area is 151 Å². The van der Waals surface area contributed by atoms with Crippen LogP contribution in [0.1, 0.15) is 5.56 Å². The molecule has 26 heavy (non-hydrogen) atoms. The molecule has 0 aliphatic carbocycles. The van der Waals surface area contributed by atoms with Crippen LogP contribution in [0, 0.1) is 0 Å². The third-order valence-electron chi connectivity index (χ3n) is 4.59. The zero-order chi connectivity index (χ0) is 18.5. The number of methoxy groups -OCH3 is 1. The summed E-state index contributed by atoms with van der Waals surface area (Å²) < 4.78 is 34.4. The number of phenols is 1. The number of ether oxygens (including phenoxy) is 2. The SMILES string of the molecule is COc1cc(C[NH+]2CCN(c3ccccc3O)CC2)ccc1OC(F)F. The second-order valence-electron chi connectivity index (χ2n) is 6.27. The molecule has 0 radical (unpaired) electrons. The van der Waals surface area contributed by atoms with E-state index in [4.69, 9.17) is 4.74 Å². The molecule has 0 atom stereocenters. The van der Waals surface area contributed by atoms with E-state index in [9.17, 15) is 13.9 Å². The van der Waals surface area contributed by atoms with Crippen LogP contribution in [0.3, 0.4) is 0 Å². The predicted octanol–water partition coefficient (Wildman–Crippen LogP) is 1.91. The summed E-state index contributed by atoms with van der Waals surface area (Å²) in [6.45, 7) is 1.44. The van der Waals surface area contributed by atoms with Gasteiger partial charge in [-0.2, -0.15) is 8.78 Å². The molecular weight excluding hydrogens is 342 g/mol. The van der Waals surface area contributed by atoms with Gasteiger partial charge in [-0.3, -0.25) is 0 Å². The number of alkyl halides is 2. The van der Waals surface area contributed by atoms with Gasteiger partial charge >= 0.3 is 6.61 Å². The average Bonchev–Trinajstić information content (AvgIpc) is 2.64. The molecule has 2 N–H and O–H groups in total. The van der Waals surface area contributed by atoms with E-state index in [1.54, 1.807) is 18.2 Å². The number of anilines is 1. The lowest BCUT2D eigenvalue weighted by molar-refractivity contribution is -0.914. The molecule has 1 fully saturated rings. The lowest BCUT2D eigenvalue weighted by atomic mass is 10.1. The van der Waals surface area contributed by atoms with Gasteiger partial charge in [0.2, 0.25) is 0 Å². The number of piperazine rings is 1. The lowest BCUT2D eigenvalue weighted by Gasteiger charge is -2.34. The van der Waals surface area contributed by atoms with Gasteiger partial charge < -0.3 is 24.4 Å². The maximum absolute atomic E-state index is 12.4. The van der Waals surface area contributed by atoms with E-state index in [1.165, 1.54) is 18.1 Å². The van der Waals surface area contributed by atoms with Crippen LogP contribution < -0.4 is 19.3 Å². The second-order valence-corrected chi connectivity index (χ2v) is 6.27. The van der Waals surface area contributed by atoms with Crippen LogP contribution in [0.5, 0.6) is 17.2 Å². The van der Waals surface area contributed by atoms with E-state index in [0.29, 0.717) is 11.5 Å². The number of halogens is 2. The molecule has 140 valence electrons. The van der Waals surface area contributed by atoms with Gasteiger partial charge in [-0.1, -0.05) is 12.1 Å². The fraction of sp³-hybridized carbons (Fsp3) is 0.368. The van der Waals surface area contributed by atoms with Crippen molar-refractivity contribution in [2.45, 2.75) is 13.2 Å². The highest BCUT2D eigenvalue weighted by Gasteiger charge is 2.22. The van der Waals surface area contributed by atoms with E-state index in [2.05, 4.69) is 9.64 Å². The zero-order valence-corrected chi connectivity index (χ0v) is 14.6. The minimum atomic E-state index is -2.87. The quantitative estimate of drug-likeness (QED) is 0.821. The fourth-order valence-corrected chi connectivity index (χ4v) is 3.28. The third kappa shape index (κ3) is 4.35. The minimum Gasteiger partial charge on any atom is -0.506 e. The van der Waals surface area contributed by atoms with Gasteiger partial charge in [0.15, 0.2) is 11.5 Å². The largest absolute Gasteiger partial charge is 0.506 e. The van der Waals surface area contributed by atoms with Crippen molar-refractivity contribution in [1.82, 2.24) is 0 Å². The Morgan fingerprint density at radius 2 is 1.85 bits per heavy atom. The summed E-state index contributed by atoms with van der Waals surface area (Å²) in [7, 11) is 1.44. The van der Waals surface area contributed by atoms with Gasteiger partial charge in [-0.25, -0.2) is 0 Å². The van der Waals surface area contributed by atoms with Crippen molar-refractivity contribution < 1.29 is 28.3 Å².